The summed E-state index contributed by atoms with van der Waals surface area (Å²) in [7, 11) is 0. The largest absolute Gasteiger partial charge is 0.294 e. The van der Waals surface area contributed by atoms with E-state index < -0.39 is 0 Å². The summed E-state index contributed by atoms with van der Waals surface area (Å²) in [4.78, 5) is 16.0. The average molecular weight is 266 g/mol. The summed E-state index contributed by atoms with van der Waals surface area (Å²) in [5.74, 6) is -0.00330. The van der Waals surface area contributed by atoms with Crippen molar-refractivity contribution in [1.82, 2.24) is 4.98 Å². The van der Waals surface area contributed by atoms with Crippen LogP contribution in [0.3, 0.4) is 0 Å². The molecule has 17 heavy (non-hydrogen) atoms. The van der Waals surface area contributed by atoms with Crippen LogP contribution in [0, 0.1) is 0 Å². The van der Waals surface area contributed by atoms with Crippen molar-refractivity contribution in [3.63, 3.8) is 0 Å². The van der Waals surface area contributed by atoms with Crippen LogP contribution in [0.2, 0.25) is 10.2 Å². The van der Waals surface area contributed by atoms with Crippen LogP contribution in [0.5, 0.6) is 0 Å². The number of hydrogen-bond donors (Lipinski definition) is 0. The molecule has 0 atom stereocenters. The first-order chi connectivity index (χ1) is 8.15. The molecule has 0 aliphatic rings. The summed E-state index contributed by atoms with van der Waals surface area (Å²) in [5.41, 5.74) is 1.29. The summed E-state index contributed by atoms with van der Waals surface area (Å²) in [5, 5.41) is 1.01. The number of carbonyl (C=O) groups is 1. The van der Waals surface area contributed by atoms with Gasteiger partial charge in [0.2, 0.25) is 0 Å². The first-order valence-electron chi connectivity index (χ1n) is 5.05. The number of rotatable bonds is 3. The third-order valence-corrected chi connectivity index (χ3v) is 2.74. The lowest BCUT2D eigenvalue weighted by Crippen LogP contribution is -2.04. The molecule has 0 radical (unpaired) electrons. The van der Waals surface area contributed by atoms with E-state index in [1.165, 1.54) is 0 Å². The number of carbonyl (C=O) groups excluding carboxylic acids is 1. The van der Waals surface area contributed by atoms with Crippen LogP contribution in [0.4, 0.5) is 0 Å². The number of pyridine rings is 1. The highest BCUT2D eigenvalue weighted by Gasteiger charge is 2.08. The van der Waals surface area contributed by atoms with Gasteiger partial charge >= 0.3 is 0 Å². The minimum Gasteiger partial charge on any atom is -0.294 e. The third-order valence-electron chi connectivity index (χ3n) is 2.28. The average Bonchev–Trinajstić information content (AvgIpc) is 2.29. The second-order valence-corrected chi connectivity index (χ2v) is 4.38. The zero-order valence-corrected chi connectivity index (χ0v) is 10.4. The zero-order chi connectivity index (χ0) is 12.3. The highest BCUT2D eigenvalue weighted by molar-refractivity contribution is 6.30. The topological polar surface area (TPSA) is 30.0 Å². The van der Waals surface area contributed by atoms with Gasteiger partial charge in [0, 0.05) is 16.3 Å². The molecule has 0 N–H and O–H groups in total. The predicted octanol–water partition coefficient (Wildman–Crippen LogP) is 3.81. The molecule has 2 nitrogen and oxygen atoms in total. The number of halogens is 2. The molecule has 1 aromatic heterocycles. The Morgan fingerprint density at radius 3 is 2.41 bits per heavy atom. The van der Waals surface area contributed by atoms with Crippen molar-refractivity contribution < 1.29 is 4.79 Å². The van der Waals surface area contributed by atoms with Crippen LogP contribution in [-0.2, 0) is 6.42 Å². The van der Waals surface area contributed by atoms with E-state index in [0.717, 1.165) is 0 Å². The normalized spacial score (nSPS) is 10.2. The van der Waals surface area contributed by atoms with Crippen molar-refractivity contribution in [3.05, 3.63) is 63.9 Å². The van der Waals surface area contributed by atoms with Crippen LogP contribution in [0.25, 0.3) is 0 Å². The summed E-state index contributed by atoms with van der Waals surface area (Å²) in [6, 6.07) is 12.0. The molecule has 2 aromatic rings. The van der Waals surface area contributed by atoms with Gasteiger partial charge in [0.25, 0.3) is 0 Å². The van der Waals surface area contributed by atoms with E-state index in [1.807, 2.05) is 0 Å². The van der Waals surface area contributed by atoms with Gasteiger partial charge in [-0.1, -0.05) is 29.3 Å². The lowest BCUT2D eigenvalue weighted by molar-refractivity contribution is 0.0992. The van der Waals surface area contributed by atoms with Crippen LogP contribution in [0.15, 0.2) is 42.5 Å². The number of benzene rings is 1. The highest BCUT2D eigenvalue weighted by Crippen LogP contribution is 2.12. The van der Waals surface area contributed by atoms with E-state index in [-0.39, 0.29) is 12.2 Å². The third kappa shape index (κ3) is 3.29. The van der Waals surface area contributed by atoms with Gasteiger partial charge in [-0.3, -0.25) is 4.79 Å². The number of ketones is 1. The molecule has 0 spiro atoms. The standard InChI is InChI=1S/C13H9Cl2NO/c14-10-6-4-9(5-7-10)12(17)8-11-2-1-3-13(15)16-11/h1-7H,8H2. The number of aromatic nitrogens is 1. The van der Waals surface area contributed by atoms with E-state index in [9.17, 15) is 4.79 Å². The van der Waals surface area contributed by atoms with Crippen molar-refractivity contribution in [2.24, 2.45) is 0 Å². The van der Waals surface area contributed by atoms with E-state index in [2.05, 4.69) is 4.98 Å². The maximum absolute atomic E-state index is 11.9. The Labute approximate surface area is 109 Å². The predicted molar refractivity (Wildman–Crippen MR) is 68.7 cm³/mol. The van der Waals surface area contributed by atoms with Gasteiger partial charge in [-0.2, -0.15) is 0 Å². The molecule has 1 aromatic carbocycles. The molecule has 0 amide bonds. The molecule has 0 fully saturated rings. The Morgan fingerprint density at radius 2 is 1.76 bits per heavy atom. The second kappa shape index (κ2) is 5.30. The highest BCUT2D eigenvalue weighted by atomic mass is 35.5. The Hall–Kier alpha value is -1.38. The molecular formula is C13H9Cl2NO. The van der Waals surface area contributed by atoms with Crippen molar-refractivity contribution in [1.29, 1.82) is 0 Å². The summed E-state index contributed by atoms with van der Waals surface area (Å²) in [6.45, 7) is 0. The molecule has 2 rings (SSSR count). The van der Waals surface area contributed by atoms with Crippen LogP contribution in [0.1, 0.15) is 16.1 Å². The Bertz CT molecular complexity index is 537. The monoisotopic (exact) mass is 265 g/mol. The van der Waals surface area contributed by atoms with Gasteiger partial charge < -0.3 is 0 Å². The first-order valence-corrected chi connectivity index (χ1v) is 5.81. The minimum absolute atomic E-state index is 0.00330. The Balaban J connectivity index is 2.14. The fraction of sp³-hybridized carbons (Fsp3) is 0.0769. The maximum atomic E-state index is 11.9. The van der Waals surface area contributed by atoms with E-state index >= 15 is 0 Å². The van der Waals surface area contributed by atoms with Crippen molar-refractivity contribution >= 4 is 29.0 Å². The van der Waals surface area contributed by atoms with Gasteiger partial charge in [-0.15, -0.1) is 0 Å². The molecule has 0 aliphatic carbocycles. The summed E-state index contributed by atoms with van der Waals surface area (Å²) < 4.78 is 0. The van der Waals surface area contributed by atoms with Crippen LogP contribution >= 0.6 is 23.2 Å². The summed E-state index contributed by atoms with van der Waals surface area (Å²) in [6.07, 6.45) is 0.238. The van der Waals surface area contributed by atoms with Crippen LogP contribution < -0.4 is 0 Å². The van der Waals surface area contributed by atoms with E-state index in [1.54, 1.807) is 42.5 Å². The van der Waals surface area contributed by atoms with Gasteiger partial charge in [0.15, 0.2) is 5.78 Å². The molecule has 86 valence electrons. The maximum Gasteiger partial charge on any atom is 0.168 e. The first kappa shape index (κ1) is 12.1. The van der Waals surface area contributed by atoms with Gasteiger partial charge in [0.05, 0.1) is 6.42 Å². The smallest absolute Gasteiger partial charge is 0.168 e. The molecule has 0 aliphatic heterocycles. The van der Waals surface area contributed by atoms with E-state index in [4.69, 9.17) is 23.2 Å². The molecule has 1 heterocycles. The summed E-state index contributed by atoms with van der Waals surface area (Å²) >= 11 is 11.5. The minimum atomic E-state index is -0.00330. The number of hydrogen-bond acceptors (Lipinski definition) is 2. The molecule has 4 heteroatoms. The molecular weight excluding hydrogens is 257 g/mol. The zero-order valence-electron chi connectivity index (χ0n) is 8.86. The molecule has 0 saturated carbocycles. The molecule has 0 bridgehead atoms. The number of nitrogens with zero attached hydrogens (tertiary/aromatic N) is 1. The fourth-order valence-electron chi connectivity index (χ4n) is 1.45. The van der Waals surface area contributed by atoms with Crippen molar-refractivity contribution in [2.45, 2.75) is 6.42 Å². The quantitative estimate of drug-likeness (QED) is 0.624. The van der Waals surface area contributed by atoms with Crippen molar-refractivity contribution in [3.8, 4) is 0 Å². The Kier molecular flexibility index (Phi) is 3.77. The number of Topliss-reactive ketones (excluding diaryl/α,β-unsaturated/α-hetero) is 1. The van der Waals surface area contributed by atoms with Gasteiger partial charge in [-0.05, 0) is 36.4 Å². The SMILES string of the molecule is O=C(Cc1cccc(Cl)n1)c1ccc(Cl)cc1. The second-order valence-electron chi connectivity index (χ2n) is 3.56. The van der Waals surface area contributed by atoms with Gasteiger partial charge in [0.1, 0.15) is 5.15 Å². The lowest BCUT2D eigenvalue weighted by atomic mass is 10.1. The van der Waals surface area contributed by atoms with E-state index in [0.29, 0.717) is 21.4 Å². The molecule has 0 saturated heterocycles. The fourth-order valence-corrected chi connectivity index (χ4v) is 1.76. The lowest BCUT2D eigenvalue weighted by Gasteiger charge is -2.01. The van der Waals surface area contributed by atoms with Crippen molar-refractivity contribution in [2.75, 3.05) is 0 Å². The van der Waals surface area contributed by atoms with Crippen LogP contribution in [-0.4, -0.2) is 10.8 Å². The Morgan fingerprint density at radius 1 is 1.06 bits per heavy atom. The molecule has 0 unspecified atom stereocenters. The van der Waals surface area contributed by atoms with Gasteiger partial charge in [-0.25, -0.2) is 4.98 Å².